The number of nitrogens with one attached hydrogen (secondary N) is 2. The monoisotopic (exact) mass is 395 g/mol. The molecule has 2 amide bonds. The number of benzene rings is 1. The number of carbonyl (C=O) groups is 2. The van der Waals surface area contributed by atoms with E-state index >= 15 is 0 Å². The summed E-state index contributed by atoms with van der Waals surface area (Å²) in [7, 11) is 0. The van der Waals surface area contributed by atoms with Crippen LogP contribution in [0, 0.1) is 10.7 Å². The molecule has 2 N–H and O–H groups in total. The highest BCUT2D eigenvalue weighted by atomic mass is 19.1. The van der Waals surface area contributed by atoms with Crippen LogP contribution in [0.1, 0.15) is 40.1 Å². The Balaban J connectivity index is 1.50. The molecule has 0 atom stereocenters. The fraction of sp³-hybridized carbons (Fsp3) is 0.250. The average Bonchev–Trinajstić information content (AvgIpc) is 3.13. The van der Waals surface area contributed by atoms with Crippen molar-refractivity contribution < 1.29 is 14.0 Å². The van der Waals surface area contributed by atoms with Crippen molar-refractivity contribution in [3.63, 3.8) is 0 Å². The van der Waals surface area contributed by atoms with Crippen LogP contribution >= 0.6 is 0 Å². The molecule has 4 rings (SSSR count). The number of hydrogen-bond acceptors (Lipinski definition) is 5. The minimum absolute atomic E-state index is 0.125. The number of carbonyl (C=O) groups excluding carboxylic acids is 2. The molecule has 3 aromatic rings. The Hall–Kier alpha value is -3.62. The second-order valence-corrected chi connectivity index (χ2v) is 7.07. The maximum Gasteiger partial charge on any atom is 0.274 e. The molecule has 148 valence electrons. The van der Waals surface area contributed by atoms with E-state index in [0.717, 1.165) is 12.5 Å². The summed E-state index contributed by atoms with van der Waals surface area (Å²) < 4.78 is 15.8. The van der Waals surface area contributed by atoms with Crippen molar-refractivity contribution in [2.24, 2.45) is 5.18 Å². The molecule has 2 heterocycles. The smallest absolute Gasteiger partial charge is 0.274 e. The minimum Gasteiger partial charge on any atom is -0.349 e. The van der Waals surface area contributed by atoms with Gasteiger partial charge in [-0.1, -0.05) is 11.2 Å². The first-order valence-electron chi connectivity index (χ1n) is 9.17. The van der Waals surface area contributed by atoms with E-state index < -0.39 is 23.2 Å². The van der Waals surface area contributed by atoms with Crippen molar-refractivity contribution in [2.75, 3.05) is 11.9 Å². The van der Waals surface area contributed by atoms with E-state index in [1.807, 2.05) is 0 Å². The largest absolute Gasteiger partial charge is 0.349 e. The molecule has 0 bridgehead atoms. The van der Waals surface area contributed by atoms with Crippen molar-refractivity contribution in [1.29, 1.82) is 0 Å². The zero-order valence-corrected chi connectivity index (χ0v) is 15.4. The van der Waals surface area contributed by atoms with Gasteiger partial charge in [-0.3, -0.25) is 14.0 Å². The normalized spacial score (nSPS) is 14.8. The van der Waals surface area contributed by atoms with Crippen molar-refractivity contribution >= 4 is 23.1 Å². The Kier molecular flexibility index (Phi) is 4.79. The topological polar surface area (TPSA) is 105 Å². The van der Waals surface area contributed by atoms with Gasteiger partial charge in [0.1, 0.15) is 22.7 Å². The lowest BCUT2D eigenvalue weighted by Gasteiger charge is -2.34. The zero-order chi connectivity index (χ0) is 20.4. The third kappa shape index (κ3) is 3.58. The van der Waals surface area contributed by atoms with E-state index in [4.69, 9.17) is 0 Å². The lowest BCUT2D eigenvalue weighted by molar-refractivity contribution is 0.0929. The molecule has 0 spiro atoms. The quantitative estimate of drug-likeness (QED) is 0.626. The summed E-state index contributed by atoms with van der Waals surface area (Å²) in [5, 5.41) is 8.27. The van der Waals surface area contributed by atoms with Gasteiger partial charge in [0.05, 0.1) is 11.9 Å². The molecule has 0 saturated heterocycles. The molecule has 1 aliphatic rings. The molecule has 1 fully saturated rings. The Morgan fingerprint density at radius 3 is 2.76 bits per heavy atom. The average molecular weight is 395 g/mol. The first kappa shape index (κ1) is 18.7. The Morgan fingerprint density at radius 1 is 1.21 bits per heavy atom. The van der Waals surface area contributed by atoms with Gasteiger partial charge in [-0.15, -0.1) is 0 Å². The van der Waals surface area contributed by atoms with Gasteiger partial charge in [-0.05, 0) is 49.6 Å². The fourth-order valence-corrected chi connectivity index (χ4v) is 3.28. The van der Waals surface area contributed by atoms with E-state index in [9.17, 15) is 18.9 Å². The highest BCUT2D eigenvalue weighted by Gasteiger charge is 2.39. The standard InChI is InChI=1S/C20H18FN5O3/c21-14-6-5-13(18(27)23-12-20(25-29)7-3-8-20)10-15(14)24-19(28)16-11-22-17-4-1-2-9-26(16)17/h1-2,4-6,9-11H,3,7-8,12H2,(H,23,27)(H,24,28). The number of nitrogens with zero attached hydrogens (tertiary/aromatic N) is 3. The number of nitroso groups, excluding NO2 is 1. The van der Waals surface area contributed by atoms with Gasteiger partial charge in [0.15, 0.2) is 0 Å². The number of halogens is 1. The van der Waals surface area contributed by atoms with Crippen molar-refractivity contribution in [2.45, 2.75) is 24.8 Å². The number of fused-ring (bicyclic) bond motifs is 1. The molecule has 1 saturated carbocycles. The summed E-state index contributed by atoms with van der Waals surface area (Å²) in [4.78, 5) is 40.1. The van der Waals surface area contributed by atoms with Crippen molar-refractivity contribution in [3.05, 3.63) is 70.8 Å². The molecule has 0 unspecified atom stereocenters. The number of hydrogen-bond donors (Lipinski definition) is 2. The Morgan fingerprint density at radius 2 is 2.03 bits per heavy atom. The summed E-state index contributed by atoms with van der Waals surface area (Å²) in [6.45, 7) is 0.135. The van der Waals surface area contributed by atoms with E-state index in [1.165, 1.54) is 18.3 Å². The minimum atomic E-state index is -0.740. The Labute approximate surface area is 165 Å². The molecule has 29 heavy (non-hydrogen) atoms. The number of anilines is 1. The van der Waals surface area contributed by atoms with E-state index in [2.05, 4.69) is 20.8 Å². The summed E-state index contributed by atoms with van der Waals surface area (Å²) in [6, 6.07) is 8.96. The SMILES string of the molecule is O=NC1(CNC(=O)c2ccc(F)c(NC(=O)c3cnc4ccccn34)c2)CCC1. The highest BCUT2D eigenvalue weighted by Crippen LogP contribution is 2.34. The third-order valence-corrected chi connectivity index (χ3v) is 5.18. The van der Waals surface area contributed by atoms with Crippen LogP contribution < -0.4 is 10.6 Å². The molecule has 1 aromatic carbocycles. The number of imidazole rings is 1. The summed E-state index contributed by atoms with van der Waals surface area (Å²) in [5.41, 5.74) is 0.120. The van der Waals surface area contributed by atoms with E-state index in [-0.39, 0.29) is 23.5 Å². The van der Waals surface area contributed by atoms with Crippen LogP contribution in [0.4, 0.5) is 10.1 Å². The van der Waals surface area contributed by atoms with Crippen LogP contribution in [0.25, 0.3) is 5.65 Å². The van der Waals surface area contributed by atoms with Crippen LogP contribution in [-0.4, -0.2) is 33.3 Å². The second kappa shape index (κ2) is 7.42. The predicted octanol–water partition coefficient (Wildman–Crippen LogP) is 3.14. The molecule has 8 nitrogen and oxygen atoms in total. The number of pyridine rings is 1. The first-order chi connectivity index (χ1) is 14.0. The van der Waals surface area contributed by atoms with Gasteiger partial charge >= 0.3 is 0 Å². The first-order valence-corrected chi connectivity index (χ1v) is 9.17. The summed E-state index contributed by atoms with van der Waals surface area (Å²) in [6.07, 6.45) is 5.25. The van der Waals surface area contributed by atoms with Gasteiger partial charge < -0.3 is 10.6 Å². The lowest BCUT2D eigenvalue weighted by Crippen LogP contribution is -2.46. The molecule has 2 aromatic heterocycles. The van der Waals surface area contributed by atoms with E-state index in [0.29, 0.717) is 18.5 Å². The van der Waals surface area contributed by atoms with Gasteiger partial charge in [0.2, 0.25) is 0 Å². The van der Waals surface area contributed by atoms with Gasteiger partial charge in [0, 0.05) is 18.3 Å². The van der Waals surface area contributed by atoms with E-state index in [1.54, 1.807) is 28.8 Å². The molecular formula is C20H18FN5O3. The van der Waals surface area contributed by atoms with Crippen molar-refractivity contribution in [3.8, 4) is 0 Å². The number of amides is 2. The highest BCUT2D eigenvalue weighted by molar-refractivity contribution is 6.04. The second-order valence-electron chi connectivity index (χ2n) is 7.07. The van der Waals surface area contributed by atoms with Crippen LogP contribution in [0.5, 0.6) is 0 Å². The fourth-order valence-electron chi connectivity index (χ4n) is 3.28. The third-order valence-electron chi connectivity index (χ3n) is 5.18. The van der Waals surface area contributed by atoms with Gasteiger partial charge in [-0.2, -0.15) is 4.91 Å². The predicted molar refractivity (Wildman–Crippen MR) is 104 cm³/mol. The maximum absolute atomic E-state index is 14.2. The van der Waals surface area contributed by atoms with Gasteiger partial charge in [-0.25, -0.2) is 9.37 Å². The van der Waals surface area contributed by atoms with Crippen molar-refractivity contribution in [1.82, 2.24) is 14.7 Å². The molecule has 0 radical (unpaired) electrons. The Bertz CT molecular complexity index is 1110. The van der Waals surface area contributed by atoms with Crippen LogP contribution in [0.3, 0.4) is 0 Å². The lowest BCUT2D eigenvalue weighted by atomic mass is 9.77. The molecule has 9 heteroatoms. The van der Waals surface area contributed by atoms with Gasteiger partial charge in [0.25, 0.3) is 11.8 Å². The molecule has 0 aliphatic heterocycles. The summed E-state index contributed by atoms with van der Waals surface area (Å²) in [5.74, 6) is -1.70. The molecular weight excluding hydrogens is 377 g/mol. The number of aromatic nitrogens is 2. The summed E-state index contributed by atoms with van der Waals surface area (Å²) >= 11 is 0. The van der Waals surface area contributed by atoms with Crippen LogP contribution in [-0.2, 0) is 0 Å². The van der Waals surface area contributed by atoms with Crippen LogP contribution in [0.2, 0.25) is 0 Å². The zero-order valence-electron chi connectivity index (χ0n) is 15.4. The van der Waals surface area contributed by atoms with Crippen LogP contribution in [0.15, 0.2) is 54.0 Å². The number of rotatable bonds is 6. The molecule has 1 aliphatic carbocycles. The maximum atomic E-state index is 14.2.